The Morgan fingerprint density at radius 1 is 0.696 bits per heavy atom. The molecule has 3 amide bonds. The summed E-state index contributed by atoms with van der Waals surface area (Å²) in [5.74, 6) is -8.49. The summed E-state index contributed by atoms with van der Waals surface area (Å²) < 4.78 is 88.0. The number of nitrogens with zero attached hydrogens (tertiary/aromatic N) is 6. The number of hydrogen-bond acceptors (Lipinski definition) is 30. The zero-order chi connectivity index (χ0) is 89.8. The fourth-order valence-corrected chi connectivity index (χ4v) is 16.1. The number of cyclic esters (lactones) is 1. The van der Waals surface area contributed by atoms with Crippen LogP contribution in [-0.4, -0.2) is 276 Å². The molecule has 0 unspecified atom stereocenters. The van der Waals surface area contributed by atoms with Crippen LogP contribution in [0.3, 0.4) is 0 Å². The number of carbonyl (C=O) groups excluding carboxylic acids is 7. The van der Waals surface area contributed by atoms with E-state index in [1.165, 1.54) is 18.3 Å². The lowest BCUT2D eigenvalue weighted by molar-refractivity contribution is -0.265. The number of aliphatic hydroxyl groups is 2. The lowest BCUT2D eigenvalue weighted by Crippen LogP contribution is -2.61. The van der Waals surface area contributed by atoms with Gasteiger partial charge in [-0.25, -0.2) is 24.2 Å². The van der Waals surface area contributed by atoms with Crippen molar-refractivity contribution in [1.29, 1.82) is 0 Å². The van der Waals surface area contributed by atoms with Crippen LogP contribution in [-0.2, 0) is 108 Å². The number of esters is 1. The Hall–Kier alpha value is -8.85. The third kappa shape index (κ3) is 30.7. The number of alkyl carbamates (subject to hydrolysis) is 1. The number of anilines is 2. The molecule has 3 aromatic heterocycles. The highest BCUT2D eigenvalue weighted by Gasteiger charge is 2.53. The Kier molecular flexibility index (Phi) is 41.4. The van der Waals surface area contributed by atoms with Gasteiger partial charge >= 0.3 is 12.1 Å². The SMILES string of the molecule is CO[C@H]1C[C@@H]2CC[C@@H](C)[C@@](O)(O2)C(=O)C(=O)N2CCCC[C@H]2C(=O)O[C@H]([C@H](C)C[C@@H]2CC[C@@H](OC(=O)NCCOCCOCCOCCOCCOCCOCCOCCOCCC(=O)NCc3ccc(Cn4nc(-c5ccc6oc(N)nc6c5)c5c(N)ncnc54)cc3)[C@H](OC)C2)CC(=O)[C@H](C)/C=C(\C)[C@@H](O)[C@@H](OC)C(=O)[C@H](C)C[C@H](C)/C=C/C=CC=C1C. The molecule has 690 valence electrons. The molecule has 2 saturated heterocycles. The predicted molar refractivity (Wildman–Crippen MR) is 463 cm³/mol. The van der Waals surface area contributed by atoms with Crippen LogP contribution in [0.4, 0.5) is 16.6 Å². The Labute approximate surface area is 732 Å². The largest absolute Gasteiger partial charge is 0.460 e. The second-order valence-electron chi connectivity index (χ2n) is 32.8. The smallest absolute Gasteiger partial charge is 0.407 e. The number of nitrogens with one attached hydrogen (secondary N) is 2. The minimum atomic E-state index is -2.48. The normalized spacial score (nSPS) is 26.0. The van der Waals surface area contributed by atoms with E-state index in [0.717, 1.165) is 22.3 Å². The fraction of sp³-hybridized carbons (Fsp3) is 0.637. The number of hydrogen-bond donors (Lipinski definition) is 6. The molecule has 15 atom stereocenters. The Morgan fingerprint density at radius 3 is 1.99 bits per heavy atom. The van der Waals surface area contributed by atoms with E-state index in [1.807, 2.05) is 87.5 Å². The highest BCUT2D eigenvalue weighted by atomic mass is 16.6. The number of methoxy groups -OCH3 is 3. The Balaban J connectivity index is 0.595. The molecule has 0 radical (unpaired) electrons. The number of oxazole rings is 1. The molecule has 34 heteroatoms. The van der Waals surface area contributed by atoms with Gasteiger partial charge in [-0.05, 0) is 136 Å². The van der Waals surface area contributed by atoms with Gasteiger partial charge in [0.2, 0.25) is 11.7 Å². The number of ketones is 3. The lowest BCUT2D eigenvalue weighted by atomic mass is 9.78. The van der Waals surface area contributed by atoms with Crippen LogP contribution in [0.25, 0.3) is 33.4 Å². The molecule has 2 aromatic carbocycles. The number of fused-ring (bicyclic) bond motifs is 5. The minimum Gasteiger partial charge on any atom is -0.460 e. The molecule has 6 heterocycles. The first-order valence-electron chi connectivity index (χ1n) is 43.8. The van der Waals surface area contributed by atoms with E-state index in [9.17, 15) is 43.8 Å². The van der Waals surface area contributed by atoms with Crippen LogP contribution in [0.15, 0.2) is 101 Å². The summed E-state index contributed by atoms with van der Waals surface area (Å²) in [6, 6.07) is 12.2. The number of ether oxygens (including phenoxy) is 14. The number of nitrogens with two attached hydrogens (primary N) is 2. The van der Waals surface area contributed by atoms with Gasteiger partial charge in [-0.1, -0.05) is 95.3 Å². The minimum absolute atomic E-state index is 0.0195. The van der Waals surface area contributed by atoms with Gasteiger partial charge in [0.05, 0.1) is 136 Å². The molecule has 2 bridgehead atoms. The van der Waals surface area contributed by atoms with Crippen molar-refractivity contribution in [1.82, 2.24) is 40.3 Å². The van der Waals surface area contributed by atoms with Crippen molar-refractivity contribution >= 4 is 75.2 Å². The number of nitrogen functional groups attached to an aromatic ring is 2. The van der Waals surface area contributed by atoms with Crippen LogP contribution >= 0.6 is 0 Å². The topological polar surface area (TPSA) is 438 Å². The zero-order valence-corrected chi connectivity index (χ0v) is 74.2. The quantitative estimate of drug-likeness (QED) is 0.00924. The fourth-order valence-electron chi connectivity index (χ4n) is 16.1. The van der Waals surface area contributed by atoms with E-state index in [1.54, 1.807) is 58.7 Å². The van der Waals surface area contributed by atoms with Crippen molar-refractivity contribution in [2.75, 3.05) is 152 Å². The summed E-state index contributed by atoms with van der Waals surface area (Å²) in [5, 5.41) is 35.0. The first-order chi connectivity index (χ1) is 60.3. The number of allylic oxidation sites excluding steroid dienone is 6. The summed E-state index contributed by atoms with van der Waals surface area (Å²) in [5.41, 5.74) is 18.3. The van der Waals surface area contributed by atoms with Crippen molar-refractivity contribution in [3.05, 3.63) is 108 Å². The summed E-state index contributed by atoms with van der Waals surface area (Å²) in [4.78, 5) is 112. The van der Waals surface area contributed by atoms with Crippen LogP contribution < -0.4 is 22.1 Å². The lowest BCUT2D eigenvalue weighted by Gasteiger charge is -2.42. The van der Waals surface area contributed by atoms with Gasteiger partial charge in [0.25, 0.3) is 17.7 Å². The molecule has 9 rings (SSSR count). The van der Waals surface area contributed by atoms with Crippen molar-refractivity contribution in [2.45, 2.75) is 200 Å². The van der Waals surface area contributed by atoms with Gasteiger partial charge in [-0.2, -0.15) is 10.1 Å². The predicted octanol–water partition coefficient (Wildman–Crippen LogP) is 8.91. The maximum absolute atomic E-state index is 14.7. The van der Waals surface area contributed by atoms with Crippen LogP contribution in [0.2, 0.25) is 0 Å². The maximum atomic E-state index is 14.7. The number of carbonyl (C=O) groups is 7. The summed E-state index contributed by atoms with van der Waals surface area (Å²) in [6.07, 6.45) is 10.9. The molecule has 5 aromatic rings. The van der Waals surface area contributed by atoms with E-state index < -0.39 is 102 Å². The van der Waals surface area contributed by atoms with Crippen LogP contribution in [0.1, 0.15) is 143 Å². The molecule has 34 nitrogen and oxygen atoms in total. The number of rotatable bonds is 39. The van der Waals surface area contributed by atoms with E-state index in [-0.39, 0.29) is 87.3 Å². The molecule has 0 spiro atoms. The first kappa shape index (κ1) is 99.9. The van der Waals surface area contributed by atoms with Gasteiger partial charge in [0.15, 0.2) is 17.0 Å². The van der Waals surface area contributed by atoms with Gasteiger partial charge in [-0.15, -0.1) is 0 Å². The number of aliphatic hydroxyl groups excluding tert-OH is 1. The van der Waals surface area contributed by atoms with E-state index in [2.05, 4.69) is 25.6 Å². The van der Waals surface area contributed by atoms with Gasteiger partial charge in [0.1, 0.15) is 59.6 Å². The first-order valence-corrected chi connectivity index (χ1v) is 43.8. The van der Waals surface area contributed by atoms with Gasteiger partial charge in [-0.3, -0.25) is 24.0 Å². The highest BCUT2D eigenvalue weighted by molar-refractivity contribution is 6.39. The monoisotopic (exact) mass is 1750 g/mol. The molecule has 1 aliphatic carbocycles. The summed E-state index contributed by atoms with van der Waals surface area (Å²) in [7, 11) is 4.48. The number of piperidine rings is 1. The highest BCUT2D eigenvalue weighted by Crippen LogP contribution is 2.40. The molecule has 3 aliphatic heterocycles. The molecular formula is C91H132N10O24. The van der Waals surface area contributed by atoms with Crippen molar-refractivity contribution in [3.63, 3.8) is 0 Å². The second-order valence-corrected chi connectivity index (χ2v) is 32.8. The number of aromatic nitrogens is 5. The molecule has 3 fully saturated rings. The van der Waals surface area contributed by atoms with Crippen molar-refractivity contribution in [3.8, 4) is 11.3 Å². The van der Waals surface area contributed by atoms with Crippen molar-refractivity contribution < 1.29 is 115 Å². The third-order valence-corrected chi connectivity index (χ3v) is 23.4. The zero-order valence-electron chi connectivity index (χ0n) is 74.2. The van der Waals surface area contributed by atoms with E-state index >= 15 is 0 Å². The van der Waals surface area contributed by atoms with Crippen molar-refractivity contribution in [2.24, 2.45) is 35.5 Å². The summed E-state index contributed by atoms with van der Waals surface area (Å²) in [6.45, 7) is 19.3. The average molecular weight is 1750 g/mol. The molecular weight excluding hydrogens is 1620 g/mol. The summed E-state index contributed by atoms with van der Waals surface area (Å²) >= 11 is 0. The Morgan fingerprint density at radius 2 is 1.34 bits per heavy atom. The number of amides is 3. The van der Waals surface area contributed by atoms with Gasteiger partial charge in [0, 0.05) is 83.5 Å². The third-order valence-electron chi connectivity index (χ3n) is 23.4. The van der Waals surface area contributed by atoms with Crippen LogP contribution in [0, 0.1) is 35.5 Å². The van der Waals surface area contributed by atoms with E-state index in [0.29, 0.717) is 203 Å². The molecule has 125 heavy (non-hydrogen) atoms. The van der Waals surface area contributed by atoms with Crippen LogP contribution in [0.5, 0.6) is 0 Å². The molecule has 4 aliphatic rings. The standard InChI is InChI=1S/C91H132N10O24/c1-58-16-12-11-13-17-59(2)75(111-8)53-69-26-19-64(7)91(110,125-69)84(106)87(107)100-31-15-14-18-71(100)88(108)122-76(54-72(102)60(3)49-63(6)82(105)83(113-10)81(104)62(5)48-58)61(4)50-67-24-27-74(77(51-67)112-9)124-90(109)94-30-33-115-35-37-117-39-41-119-43-45-121-47-46-120-44-42-118-40-38-116-36-34-114-32-29-78(103)95-55-65-20-22-66(23-21-65)56-101-86-79(85(92)96-57-97-86)80(99-101)68-25-28-73-70(52-68)98-89(93)123-73/h11-13,16-17,20-23,25,28,49,52,57-58,60-62,64,67,69,71,74-77,82-83,105,110H,14-15,18-19,24,26-27,29-48,50-51,53-56H2,1-10H3,(H2,93,98)(H,94,109)(H,95,103)(H2,92,96,97)/b13-11?,16-12+,59-17?,63-49+/t58-,60-,61-,62-,64-,67+,69+,71+,74-,75+,76+,77-,82-,83+,91-/m1/s1. The maximum Gasteiger partial charge on any atom is 0.407 e. The number of Topliss-reactive ketones (excluding diaryl/α,β-unsaturated/α-hetero) is 3. The molecule has 1 saturated carbocycles. The van der Waals surface area contributed by atoms with E-state index in [4.69, 9.17) is 87.3 Å². The van der Waals surface area contributed by atoms with Gasteiger partial charge < -0.3 is 108 Å². The second kappa shape index (κ2) is 51.8. The number of benzene rings is 2. The Bertz CT molecular complexity index is 4360. The average Bonchev–Trinajstić information content (AvgIpc) is 1.71. The molecule has 8 N–H and O–H groups in total.